The van der Waals surface area contributed by atoms with Crippen LogP contribution in [0, 0.1) is 0 Å². The number of rotatable bonds is 4. The Hall–Kier alpha value is -2.63. The van der Waals surface area contributed by atoms with Gasteiger partial charge >= 0.3 is 5.97 Å². The molecule has 1 aromatic heterocycles. The Morgan fingerprint density at radius 2 is 2.13 bits per heavy atom. The van der Waals surface area contributed by atoms with E-state index in [0.717, 1.165) is 24.1 Å². The van der Waals surface area contributed by atoms with Gasteiger partial charge in [-0.05, 0) is 43.5 Å². The monoisotopic (exact) mass is 313 g/mol. The van der Waals surface area contributed by atoms with Crippen molar-refractivity contribution < 1.29 is 14.6 Å². The molecule has 6 heteroatoms. The zero-order chi connectivity index (χ0) is 16.4. The number of aromatic nitrogens is 2. The lowest BCUT2D eigenvalue weighted by molar-refractivity contribution is 0.0696. The van der Waals surface area contributed by atoms with Crippen LogP contribution in [0.2, 0.25) is 0 Å². The molecule has 1 aliphatic rings. The lowest BCUT2D eigenvalue weighted by Gasteiger charge is -2.29. The predicted molar refractivity (Wildman–Crippen MR) is 86.0 cm³/mol. The Balaban J connectivity index is 1.80. The Morgan fingerprint density at radius 1 is 1.30 bits per heavy atom. The summed E-state index contributed by atoms with van der Waals surface area (Å²) in [6.45, 7) is 5.33. The molecule has 120 valence electrons. The molecule has 2 heterocycles. The third-order valence-electron chi connectivity index (χ3n) is 3.72. The molecular weight excluding hydrogens is 294 g/mol. The van der Waals surface area contributed by atoms with Crippen LogP contribution in [0.5, 0.6) is 5.88 Å². The number of ether oxygens (including phenoxy) is 1. The van der Waals surface area contributed by atoms with Gasteiger partial charge in [0.05, 0.1) is 11.7 Å². The molecule has 0 aliphatic carbocycles. The van der Waals surface area contributed by atoms with E-state index in [0.29, 0.717) is 23.9 Å². The maximum Gasteiger partial charge on any atom is 0.335 e. The molecule has 0 bridgehead atoms. The summed E-state index contributed by atoms with van der Waals surface area (Å²) in [5.41, 5.74) is 2.52. The van der Waals surface area contributed by atoms with Gasteiger partial charge in [0.25, 0.3) is 0 Å². The van der Waals surface area contributed by atoms with Crippen LogP contribution in [0.1, 0.15) is 35.3 Å². The third-order valence-corrected chi connectivity index (χ3v) is 3.72. The zero-order valence-corrected chi connectivity index (χ0v) is 13.2. The predicted octanol–water partition coefficient (Wildman–Crippen LogP) is 2.52. The summed E-state index contributed by atoms with van der Waals surface area (Å²) in [7, 11) is 0. The number of carbonyl (C=O) groups is 1. The smallest absolute Gasteiger partial charge is 0.335 e. The molecular formula is C17H19N3O3. The summed E-state index contributed by atoms with van der Waals surface area (Å²) in [6.07, 6.45) is 2.53. The van der Waals surface area contributed by atoms with Crippen LogP contribution in [-0.4, -0.2) is 33.7 Å². The van der Waals surface area contributed by atoms with E-state index >= 15 is 0 Å². The van der Waals surface area contributed by atoms with Crippen molar-refractivity contribution in [1.82, 2.24) is 9.97 Å². The standard InChI is InChI=1S/C17H19N3O3/c1-11(2)23-15-5-7-18-17(19-15)20-8-6-12-9-13(16(21)22)3-4-14(12)10-20/h3-5,7,9,11H,6,8,10H2,1-2H3,(H,21,22). The fraction of sp³-hybridized carbons (Fsp3) is 0.353. The lowest BCUT2D eigenvalue weighted by Crippen LogP contribution is -2.32. The van der Waals surface area contributed by atoms with Gasteiger partial charge in [0.1, 0.15) is 0 Å². The molecule has 0 spiro atoms. The number of carboxylic acid groups (broad SMARTS) is 1. The highest BCUT2D eigenvalue weighted by molar-refractivity contribution is 5.88. The van der Waals surface area contributed by atoms with E-state index in [9.17, 15) is 4.79 Å². The molecule has 0 unspecified atom stereocenters. The van der Waals surface area contributed by atoms with Crippen molar-refractivity contribution in [3.8, 4) is 5.88 Å². The van der Waals surface area contributed by atoms with E-state index in [1.54, 1.807) is 24.4 Å². The summed E-state index contributed by atoms with van der Waals surface area (Å²) in [5, 5.41) is 9.07. The fourth-order valence-corrected chi connectivity index (χ4v) is 2.65. The van der Waals surface area contributed by atoms with E-state index < -0.39 is 5.97 Å². The Kier molecular flexibility index (Phi) is 4.14. The molecule has 2 aromatic rings. The van der Waals surface area contributed by atoms with E-state index in [4.69, 9.17) is 9.84 Å². The molecule has 0 radical (unpaired) electrons. The van der Waals surface area contributed by atoms with Crippen molar-refractivity contribution in [3.63, 3.8) is 0 Å². The molecule has 0 amide bonds. The van der Waals surface area contributed by atoms with E-state index in [1.165, 1.54) is 0 Å². The van der Waals surface area contributed by atoms with Gasteiger partial charge < -0.3 is 14.7 Å². The average molecular weight is 313 g/mol. The van der Waals surface area contributed by atoms with Crippen LogP contribution in [0.25, 0.3) is 0 Å². The van der Waals surface area contributed by atoms with Gasteiger partial charge in [-0.1, -0.05) is 6.07 Å². The highest BCUT2D eigenvalue weighted by Crippen LogP contribution is 2.24. The zero-order valence-electron chi connectivity index (χ0n) is 13.2. The van der Waals surface area contributed by atoms with Gasteiger partial charge in [0.2, 0.25) is 11.8 Å². The van der Waals surface area contributed by atoms with Gasteiger partial charge in [-0.15, -0.1) is 0 Å². The molecule has 0 saturated carbocycles. The number of carboxylic acids is 1. The molecule has 0 saturated heterocycles. The quantitative estimate of drug-likeness (QED) is 0.935. The Morgan fingerprint density at radius 3 is 2.87 bits per heavy atom. The van der Waals surface area contributed by atoms with Crippen molar-refractivity contribution in [1.29, 1.82) is 0 Å². The summed E-state index contributed by atoms with van der Waals surface area (Å²) in [4.78, 5) is 21.9. The number of hydrogen-bond acceptors (Lipinski definition) is 5. The number of aromatic carboxylic acids is 1. The van der Waals surface area contributed by atoms with Gasteiger partial charge in [-0.25, -0.2) is 9.78 Å². The van der Waals surface area contributed by atoms with E-state index in [-0.39, 0.29) is 6.10 Å². The second-order valence-electron chi connectivity index (χ2n) is 5.82. The van der Waals surface area contributed by atoms with Crippen molar-refractivity contribution in [2.24, 2.45) is 0 Å². The largest absolute Gasteiger partial charge is 0.478 e. The van der Waals surface area contributed by atoms with Crippen LogP contribution in [0.15, 0.2) is 30.5 Å². The van der Waals surface area contributed by atoms with Gasteiger partial charge in [-0.2, -0.15) is 4.98 Å². The third kappa shape index (κ3) is 3.41. The number of anilines is 1. The molecule has 1 aliphatic heterocycles. The molecule has 0 atom stereocenters. The fourth-order valence-electron chi connectivity index (χ4n) is 2.65. The number of nitrogens with zero attached hydrogens (tertiary/aromatic N) is 3. The molecule has 3 rings (SSSR count). The first-order valence-electron chi connectivity index (χ1n) is 7.62. The minimum Gasteiger partial charge on any atom is -0.478 e. The number of fused-ring (bicyclic) bond motifs is 1. The highest BCUT2D eigenvalue weighted by atomic mass is 16.5. The molecule has 1 N–H and O–H groups in total. The van der Waals surface area contributed by atoms with Crippen molar-refractivity contribution in [3.05, 3.63) is 47.2 Å². The maximum atomic E-state index is 11.1. The lowest BCUT2D eigenvalue weighted by atomic mass is 9.97. The maximum absolute atomic E-state index is 11.1. The minimum absolute atomic E-state index is 0.0641. The van der Waals surface area contributed by atoms with E-state index in [1.807, 2.05) is 19.9 Å². The van der Waals surface area contributed by atoms with Crippen LogP contribution in [-0.2, 0) is 13.0 Å². The normalized spacial score (nSPS) is 13.8. The van der Waals surface area contributed by atoms with Crippen molar-refractivity contribution >= 4 is 11.9 Å². The second kappa shape index (κ2) is 6.24. The Labute approximate surface area is 134 Å². The summed E-state index contributed by atoms with van der Waals surface area (Å²) < 4.78 is 5.61. The second-order valence-corrected chi connectivity index (χ2v) is 5.82. The molecule has 1 aromatic carbocycles. The van der Waals surface area contributed by atoms with Crippen molar-refractivity contribution in [2.45, 2.75) is 32.9 Å². The molecule has 23 heavy (non-hydrogen) atoms. The summed E-state index contributed by atoms with van der Waals surface area (Å²) in [6, 6.07) is 7.03. The van der Waals surface area contributed by atoms with Crippen LogP contribution >= 0.6 is 0 Å². The van der Waals surface area contributed by atoms with Crippen LogP contribution < -0.4 is 9.64 Å². The number of hydrogen-bond donors (Lipinski definition) is 1. The van der Waals surface area contributed by atoms with Gasteiger partial charge in [0.15, 0.2) is 0 Å². The number of benzene rings is 1. The average Bonchev–Trinajstić information content (AvgIpc) is 2.53. The summed E-state index contributed by atoms with van der Waals surface area (Å²) in [5.74, 6) is 0.310. The first-order chi connectivity index (χ1) is 11.0. The topological polar surface area (TPSA) is 75.5 Å². The van der Waals surface area contributed by atoms with E-state index in [2.05, 4.69) is 14.9 Å². The first kappa shape index (κ1) is 15.3. The highest BCUT2D eigenvalue weighted by Gasteiger charge is 2.20. The first-order valence-corrected chi connectivity index (χ1v) is 7.62. The Bertz CT molecular complexity index is 731. The van der Waals surface area contributed by atoms with Crippen LogP contribution in [0.4, 0.5) is 5.95 Å². The van der Waals surface area contributed by atoms with Crippen molar-refractivity contribution in [2.75, 3.05) is 11.4 Å². The minimum atomic E-state index is -0.892. The SMILES string of the molecule is CC(C)Oc1ccnc(N2CCc3cc(C(=O)O)ccc3C2)n1. The van der Waals surface area contributed by atoms with Gasteiger partial charge in [-0.3, -0.25) is 0 Å². The molecule has 6 nitrogen and oxygen atoms in total. The summed E-state index contributed by atoms with van der Waals surface area (Å²) >= 11 is 0. The van der Waals surface area contributed by atoms with Crippen LogP contribution in [0.3, 0.4) is 0 Å². The molecule has 0 fully saturated rings. The van der Waals surface area contributed by atoms with Gasteiger partial charge in [0, 0.05) is 25.4 Å².